The lowest BCUT2D eigenvalue weighted by molar-refractivity contribution is -0.154. The van der Waals surface area contributed by atoms with Crippen molar-refractivity contribution < 1.29 is 23.7 Å². The van der Waals surface area contributed by atoms with E-state index in [1.54, 1.807) is 12.3 Å². The predicted molar refractivity (Wildman–Crippen MR) is 140 cm³/mol. The van der Waals surface area contributed by atoms with E-state index in [0.29, 0.717) is 39.6 Å². The molecule has 0 bridgehead atoms. The van der Waals surface area contributed by atoms with Crippen LogP contribution in [0.2, 0.25) is 0 Å². The van der Waals surface area contributed by atoms with Gasteiger partial charge >= 0.3 is 0 Å². The molecule has 0 N–H and O–H groups in total. The van der Waals surface area contributed by atoms with E-state index in [1.165, 1.54) is 0 Å². The van der Waals surface area contributed by atoms with Crippen molar-refractivity contribution >= 4 is 0 Å². The molecule has 1 aliphatic rings. The highest BCUT2D eigenvalue weighted by Gasteiger charge is 2.39. The summed E-state index contributed by atoms with van der Waals surface area (Å²) in [5.41, 5.74) is 4.18. The van der Waals surface area contributed by atoms with Gasteiger partial charge in [-0.2, -0.15) is 0 Å². The van der Waals surface area contributed by atoms with E-state index in [2.05, 4.69) is 18.7 Å². The third-order valence-electron chi connectivity index (χ3n) is 5.88. The first kappa shape index (κ1) is 25.9. The first-order chi connectivity index (χ1) is 17.8. The Hall–Kier alpha value is -3.22. The van der Waals surface area contributed by atoms with Crippen molar-refractivity contribution in [2.45, 2.75) is 38.1 Å². The zero-order valence-corrected chi connectivity index (χ0v) is 20.5. The average Bonchev–Trinajstić information content (AvgIpc) is 2.93. The Kier molecular flexibility index (Phi) is 10.3. The molecule has 5 heteroatoms. The maximum absolute atomic E-state index is 6.48. The Bertz CT molecular complexity index is 1050. The van der Waals surface area contributed by atoms with E-state index < -0.39 is 0 Å². The first-order valence-corrected chi connectivity index (χ1v) is 12.3. The van der Waals surface area contributed by atoms with E-state index in [-0.39, 0.29) is 18.3 Å². The molecule has 0 saturated heterocycles. The Morgan fingerprint density at radius 3 is 1.81 bits per heavy atom. The molecule has 1 aliphatic heterocycles. The van der Waals surface area contributed by atoms with E-state index in [1.807, 2.05) is 78.9 Å². The predicted octanol–water partition coefficient (Wildman–Crippen LogP) is 5.86. The molecule has 5 nitrogen and oxygen atoms in total. The molecular formula is C31H34O5. The SMILES string of the molecule is C=CCOCC1=CO[C@H](COCc2ccccc2)[C@H](OCc2ccccc2)[C@@H]1OCc1ccccc1. The summed E-state index contributed by atoms with van der Waals surface area (Å²) in [7, 11) is 0. The van der Waals surface area contributed by atoms with Crippen LogP contribution in [0.4, 0.5) is 0 Å². The fraction of sp³-hybridized carbons (Fsp3) is 0.290. The lowest BCUT2D eigenvalue weighted by Gasteiger charge is -2.38. The molecule has 3 aromatic rings. The smallest absolute Gasteiger partial charge is 0.150 e. The molecule has 1 heterocycles. The highest BCUT2D eigenvalue weighted by molar-refractivity contribution is 5.18. The van der Waals surface area contributed by atoms with Crippen LogP contribution in [0, 0.1) is 0 Å². The Morgan fingerprint density at radius 1 is 0.667 bits per heavy atom. The van der Waals surface area contributed by atoms with Gasteiger partial charge in [-0.1, -0.05) is 97.1 Å². The van der Waals surface area contributed by atoms with Gasteiger partial charge < -0.3 is 23.7 Å². The van der Waals surface area contributed by atoms with E-state index in [9.17, 15) is 0 Å². The number of ether oxygens (including phenoxy) is 5. The number of rotatable bonds is 14. The second-order valence-electron chi connectivity index (χ2n) is 8.65. The van der Waals surface area contributed by atoms with Crippen LogP contribution in [-0.2, 0) is 43.5 Å². The van der Waals surface area contributed by atoms with Gasteiger partial charge in [0.1, 0.15) is 18.3 Å². The second-order valence-corrected chi connectivity index (χ2v) is 8.65. The summed E-state index contributed by atoms with van der Waals surface area (Å²) >= 11 is 0. The molecule has 36 heavy (non-hydrogen) atoms. The second kappa shape index (κ2) is 14.4. The Morgan fingerprint density at radius 2 is 1.22 bits per heavy atom. The van der Waals surface area contributed by atoms with E-state index >= 15 is 0 Å². The summed E-state index contributed by atoms with van der Waals surface area (Å²) in [6.45, 7) is 6.32. The van der Waals surface area contributed by atoms with Gasteiger partial charge in [-0.3, -0.25) is 0 Å². The minimum atomic E-state index is -0.378. The van der Waals surface area contributed by atoms with E-state index in [4.69, 9.17) is 23.7 Å². The first-order valence-electron chi connectivity index (χ1n) is 12.3. The molecule has 0 aliphatic carbocycles. The van der Waals surface area contributed by atoms with Crippen LogP contribution in [0.1, 0.15) is 16.7 Å². The number of hydrogen-bond acceptors (Lipinski definition) is 5. The van der Waals surface area contributed by atoms with Crippen LogP contribution in [0.5, 0.6) is 0 Å². The van der Waals surface area contributed by atoms with Gasteiger partial charge in [-0.25, -0.2) is 0 Å². The summed E-state index contributed by atoms with van der Waals surface area (Å²) in [5.74, 6) is 0. The molecule has 0 unspecified atom stereocenters. The average molecular weight is 487 g/mol. The molecule has 0 saturated carbocycles. The fourth-order valence-corrected chi connectivity index (χ4v) is 4.03. The summed E-state index contributed by atoms with van der Waals surface area (Å²) in [6.07, 6.45) is 2.42. The van der Waals surface area contributed by atoms with Crippen LogP contribution in [0.3, 0.4) is 0 Å². The molecule has 3 atom stereocenters. The van der Waals surface area contributed by atoms with Gasteiger partial charge in [0.05, 0.1) is 45.9 Å². The van der Waals surface area contributed by atoms with Crippen molar-refractivity contribution in [3.63, 3.8) is 0 Å². The molecule has 3 aromatic carbocycles. The van der Waals surface area contributed by atoms with Gasteiger partial charge in [0.15, 0.2) is 0 Å². The van der Waals surface area contributed by atoms with E-state index in [0.717, 1.165) is 22.3 Å². The monoisotopic (exact) mass is 486 g/mol. The van der Waals surface area contributed by atoms with Crippen molar-refractivity contribution in [1.29, 1.82) is 0 Å². The molecule has 0 radical (unpaired) electrons. The highest BCUT2D eigenvalue weighted by atomic mass is 16.6. The fourth-order valence-electron chi connectivity index (χ4n) is 4.03. The van der Waals surface area contributed by atoms with Crippen LogP contribution in [0.25, 0.3) is 0 Å². The minimum absolute atomic E-state index is 0.332. The van der Waals surface area contributed by atoms with Crippen LogP contribution in [-0.4, -0.2) is 38.1 Å². The highest BCUT2D eigenvalue weighted by Crippen LogP contribution is 2.27. The van der Waals surface area contributed by atoms with Gasteiger partial charge in [0.2, 0.25) is 0 Å². The standard InChI is InChI=1S/C31H34O5/c1-2-18-32-22-28-23-34-29(24-33-19-25-12-6-3-7-13-25)31(36-21-27-16-10-5-11-17-27)30(28)35-20-26-14-8-4-9-15-26/h2-17,23,29-31H,1,18-22,24H2/t29-,30-,31+/m1/s1. The van der Waals surface area contributed by atoms with Gasteiger partial charge in [-0.15, -0.1) is 6.58 Å². The third-order valence-corrected chi connectivity index (χ3v) is 5.88. The number of benzene rings is 3. The summed E-state index contributed by atoms with van der Waals surface area (Å²) in [4.78, 5) is 0. The molecule has 0 amide bonds. The maximum Gasteiger partial charge on any atom is 0.150 e. The molecule has 0 fully saturated rings. The Labute approximate surface area is 213 Å². The summed E-state index contributed by atoms with van der Waals surface area (Å²) < 4.78 is 30.9. The van der Waals surface area contributed by atoms with Crippen LogP contribution >= 0.6 is 0 Å². The zero-order valence-electron chi connectivity index (χ0n) is 20.5. The number of hydrogen-bond donors (Lipinski definition) is 0. The zero-order chi connectivity index (χ0) is 24.8. The normalized spacial score (nSPS) is 19.3. The minimum Gasteiger partial charge on any atom is -0.493 e. The Balaban J connectivity index is 1.50. The van der Waals surface area contributed by atoms with Gasteiger partial charge in [0, 0.05) is 5.57 Å². The molecular weight excluding hydrogens is 452 g/mol. The molecule has 4 rings (SSSR count). The van der Waals surface area contributed by atoms with Crippen molar-refractivity contribution in [2.75, 3.05) is 19.8 Å². The quantitative estimate of drug-likeness (QED) is 0.211. The maximum atomic E-state index is 6.48. The van der Waals surface area contributed by atoms with Crippen LogP contribution in [0.15, 0.2) is 115 Å². The van der Waals surface area contributed by atoms with Crippen molar-refractivity contribution in [3.8, 4) is 0 Å². The van der Waals surface area contributed by atoms with Crippen molar-refractivity contribution in [3.05, 3.63) is 132 Å². The summed E-state index contributed by atoms with van der Waals surface area (Å²) in [5, 5.41) is 0. The third kappa shape index (κ3) is 7.90. The van der Waals surface area contributed by atoms with Gasteiger partial charge in [-0.05, 0) is 16.7 Å². The summed E-state index contributed by atoms with van der Waals surface area (Å²) in [6, 6.07) is 30.3. The molecule has 0 spiro atoms. The lowest BCUT2D eigenvalue weighted by atomic mass is 9.98. The topological polar surface area (TPSA) is 46.2 Å². The van der Waals surface area contributed by atoms with Gasteiger partial charge in [0.25, 0.3) is 0 Å². The largest absolute Gasteiger partial charge is 0.493 e. The van der Waals surface area contributed by atoms with Crippen molar-refractivity contribution in [1.82, 2.24) is 0 Å². The molecule has 188 valence electrons. The lowest BCUT2D eigenvalue weighted by Crippen LogP contribution is -2.48. The molecule has 0 aromatic heterocycles. The van der Waals surface area contributed by atoms with Crippen molar-refractivity contribution in [2.24, 2.45) is 0 Å². The van der Waals surface area contributed by atoms with Crippen LogP contribution < -0.4 is 0 Å².